The lowest BCUT2D eigenvalue weighted by Crippen LogP contribution is -2.33. The lowest BCUT2D eigenvalue weighted by molar-refractivity contribution is 0.0277. The van der Waals surface area contributed by atoms with Gasteiger partial charge in [0.15, 0.2) is 5.82 Å². The summed E-state index contributed by atoms with van der Waals surface area (Å²) in [5, 5.41) is 11.5. The van der Waals surface area contributed by atoms with Gasteiger partial charge in [-0.1, -0.05) is 18.2 Å². The maximum atomic E-state index is 13.8. The van der Waals surface area contributed by atoms with Gasteiger partial charge >= 0.3 is 0 Å². The van der Waals surface area contributed by atoms with Gasteiger partial charge in [0.05, 0.1) is 12.7 Å². The van der Waals surface area contributed by atoms with Crippen molar-refractivity contribution < 1.29 is 4.74 Å². The number of hydrogen-bond donors (Lipinski definition) is 2. The van der Waals surface area contributed by atoms with Gasteiger partial charge in [-0.2, -0.15) is 10.1 Å². The Labute approximate surface area is 231 Å². The van der Waals surface area contributed by atoms with Crippen LogP contribution in [0.25, 0.3) is 33.7 Å². The van der Waals surface area contributed by atoms with Gasteiger partial charge in [0, 0.05) is 60.3 Å². The Morgan fingerprint density at radius 1 is 1.07 bits per heavy atom. The molecule has 11 nitrogen and oxygen atoms in total. The molecule has 40 heavy (non-hydrogen) atoms. The molecule has 6 rings (SSSR count). The van der Waals surface area contributed by atoms with Gasteiger partial charge < -0.3 is 15.4 Å². The van der Waals surface area contributed by atoms with Crippen molar-refractivity contribution in [2.24, 2.45) is 7.05 Å². The highest BCUT2D eigenvalue weighted by atomic mass is 16.5. The van der Waals surface area contributed by atoms with E-state index in [1.807, 2.05) is 70.3 Å². The van der Waals surface area contributed by atoms with Crippen molar-refractivity contribution in [3.05, 3.63) is 76.6 Å². The maximum absolute atomic E-state index is 13.8. The number of fused-ring (bicyclic) bond motifs is 1. The largest absolute Gasteiger partial charge is 0.371 e. The minimum Gasteiger partial charge on any atom is -0.371 e. The van der Waals surface area contributed by atoms with Crippen LogP contribution in [-0.4, -0.2) is 54.0 Å². The molecule has 204 valence electrons. The van der Waals surface area contributed by atoms with Crippen molar-refractivity contribution in [1.82, 2.24) is 39.6 Å². The zero-order chi connectivity index (χ0) is 27.8. The zero-order valence-corrected chi connectivity index (χ0v) is 22.9. The molecular formula is C29H31N9O2. The Kier molecular flexibility index (Phi) is 6.82. The number of nitrogens with zero attached hydrogens (tertiary/aromatic N) is 7. The van der Waals surface area contributed by atoms with Crippen molar-refractivity contribution in [1.29, 1.82) is 0 Å². The molecule has 1 aliphatic heterocycles. The highest BCUT2D eigenvalue weighted by molar-refractivity contribution is 5.82. The molecule has 11 heteroatoms. The number of aromatic nitrogens is 7. The first-order valence-corrected chi connectivity index (χ1v) is 13.3. The van der Waals surface area contributed by atoms with Gasteiger partial charge in [0.25, 0.3) is 5.56 Å². The molecule has 4 aromatic heterocycles. The molecule has 0 spiro atoms. The van der Waals surface area contributed by atoms with Crippen molar-refractivity contribution in [3.63, 3.8) is 0 Å². The topological polar surface area (TPSA) is 125 Å². The summed E-state index contributed by atoms with van der Waals surface area (Å²) < 4.78 is 9.23. The quantitative estimate of drug-likeness (QED) is 0.331. The SMILES string of the molecule is Cc1nc(-c2ncnn2C)ccc1-c1cc2cnc(Nc3ccc(C4CNCCO4)cc3)nc2n(C(C)C)c1=O. The Bertz CT molecular complexity index is 1740. The van der Waals surface area contributed by atoms with Crippen LogP contribution in [0, 0.1) is 6.92 Å². The molecule has 1 fully saturated rings. The number of rotatable bonds is 6. The summed E-state index contributed by atoms with van der Waals surface area (Å²) in [6.07, 6.45) is 3.29. The van der Waals surface area contributed by atoms with Crippen molar-refractivity contribution in [3.8, 4) is 22.6 Å². The number of pyridine rings is 2. The molecule has 0 radical (unpaired) electrons. The molecule has 0 bridgehead atoms. The smallest absolute Gasteiger partial charge is 0.260 e. The first-order valence-electron chi connectivity index (χ1n) is 13.3. The Balaban J connectivity index is 1.34. The summed E-state index contributed by atoms with van der Waals surface area (Å²) >= 11 is 0. The second kappa shape index (κ2) is 10.6. The Morgan fingerprint density at radius 3 is 2.58 bits per heavy atom. The normalized spacial score (nSPS) is 15.6. The van der Waals surface area contributed by atoms with E-state index in [9.17, 15) is 4.79 Å². The van der Waals surface area contributed by atoms with Crippen LogP contribution in [0.3, 0.4) is 0 Å². The molecule has 0 saturated carbocycles. The van der Waals surface area contributed by atoms with Crippen LogP contribution < -0.4 is 16.2 Å². The highest BCUT2D eigenvalue weighted by Gasteiger charge is 2.19. The van der Waals surface area contributed by atoms with Crippen molar-refractivity contribution >= 4 is 22.7 Å². The summed E-state index contributed by atoms with van der Waals surface area (Å²) in [6.45, 7) is 8.23. The molecule has 5 aromatic rings. The number of benzene rings is 1. The Hall–Kier alpha value is -4.48. The van der Waals surface area contributed by atoms with Crippen LogP contribution >= 0.6 is 0 Å². The summed E-state index contributed by atoms with van der Waals surface area (Å²) in [5.74, 6) is 1.08. The molecule has 1 aromatic carbocycles. The van der Waals surface area contributed by atoms with Crippen LogP contribution in [0.1, 0.15) is 37.3 Å². The molecule has 5 heterocycles. The number of hydrogen-bond acceptors (Lipinski definition) is 9. The van der Waals surface area contributed by atoms with E-state index in [0.717, 1.165) is 41.0 Å². The fraction of sp³-hybridized carbons (Fsp3) is 0.310. The molecule has 1 unspecified atom stereocenters. The van der Waals surface area contributed by atoms with Crippen LogP contribution in [-0.2, 0) is 11.8 Å². The van der Waals surface area contributed by atoms with E-state index in [0.29, 0.717) is 35.3 Å². The van der Waals surface area contributed by atoms with E-state index in [1.54, 1.807) is 15.4 Å². The van der Waals surface area contributed by atoms with Crippen LogP contribution in [0.2, 0.25) is 0 Å². The first-order chi connectivity index (χ1) is 19.4. The molecule has 1 saturated heterocycles. The predicted molar refractivity (Wildman–Crippen MR) is 153 cm³/mol. The van der Waals surface area contributed by atoms with Gasteiger partial charge in [-0.15, -0.1) is 0 Å². The van der Waals surface area contributed by atoms with Gasteiger partial charge in [-0.3, -0.25) is 9.36 Å². The maximum Gasteiger partial charge on any atom is 0.260 e. The average molecular weight is 538 g/mol. The van der Waals surface area contributed by atoms with Crippen LogP contribution in [0.15, 0.2) is 59.8 Å². The standard InChI is InChI=1S/C29H31N9O2/c1-17(2)38-26-20(13-23(28(38)39)22-9-10-24(34-18(22)3)27-32-16-33-37(27)4)14-31-29(36-26)35-21-7-5-19(6-8-21)25-15-30-11-12-40-25/h5-10,13-14,16-17,25,30H,11-12,15H2,1-4H3,(H,31,35,36). The van der Waals surface area contributed by atoms with E-state index in [-0.39, 0.29) is 17.7 Å². The zero-order valence-electron chi connectivity index (χ0n) is 22.9. The average Bonchev–Trinajstić information content (AvgIpc) is 3.39. The number of anilines is 2. The molecular weight excluding hydrogens is 506 g/mol. The van der Waals surface area contributed by atoms with Crippen molar-refractivity contribution in [2.75, 3.05) is 25.0 Å². The summed E-state index contributed by atoms with van der Waals surface area (Å²) in [4.78, 5) is 32.1. The minimum atomic E-state index is -0.131. The number of nitrogens with one attached hydrogen (secondary N) is 2. The first kappa shape index (κ1) is 25.8. The van der Waals surface area contributed by atoms with Gasteiger partial charge in [-0.05, 0) is 50.6 Å². The third kappa shape index (κ3) is 4.85. The van der Waals surface area contributed by atoms with E-state index >= 15 is 0 Å². The highest BCUT2D eigenvalue weighted by Crippen LogP contribution is 2.27. The molecule has 0 aliphatic carbocycles. The molecule has 1 atom stereocenters. The third-order valence-corrected chi connectivity index (χ3v) is 7.07. The van der Waals surface area contributed by atoms with Crippen molar-refractivity contribution in [2.45, 2.75) is 32.9 Å². The van der Waals surface area contributed by atoms with E-state index < -0.39 is 0 Å². The molecule has 0 amide bonds. The third-order valence-electron chi connectivity index (χ3n) is 7.07. The van der Waals surface area contributed by atoms with E-state index in [4.69, 9.17) is 14.7 Å². The second-order valence-corrected chi connectivity index (χ2v) is 10.1. The predicted octanol–water partition coefficient (Wildman–Crippen LogP) is 3.94. The van der Waals surface area contributed by atoms with Crippen LogP contribution in [0.4, 0.5) is 11.6 Å². The minimum absolute atomic E-state index is 0.0521. The number of morpholine rings is 1. The van der Waals surface area contributed by atoms with E-state index in [1.165, 1.54) is 6.33 Å². The second-order valence-electron chi connectivity index (χ2n) is 10.1. The van der Waals surface area contributed by atoms with Gasteiger partial charge in [0.1, 0.15) is 17.7 Å². The summed E-state index contributed by atoms with van der Waals surface area (Å²) in [5.41, 5.74) is 5.14. The lowest BCUT2D eigenvalue weighted by Gasteiger charge is -2.24. The summed E-state index contributed by atoms with van der Waals surface area (Å²) in [6, 6.07) is 13.6. The van der Waals surface area contributed by atoms with Crippen LogP contribution in [0.5, 0.6) is 0 Å². The molecule has 1 aliphatic rings. The fourth-order valence-electron chi connectivity index (χ4n) is 5.04. The fourth-order valence-corrected chi connectivity index (χ4v) is 5.04. The number of ether oxygens (including phenoxy) is 1. The lowest BCUT2D eigenvalue weighted by atomic mass is 10.0. The monoisotopic (exact) mass is 537 g/mol. The van der Waals surface area contributed by atoms with Gasteiger partial charge in [0.2, 0.25) is 5.95 Å². The number of aryl methyl sites for hydroxylation is 2. The van der Waals surface area contributed by atoms with Gasteiger partial charge in [-0.25, -0.2) is 19.6 Å². The van der Waals surface area contributed by atoms with E-state index in [2.05, 4.69) is 25.7 Å². The molecule has 2 N–H and O–H groups in total. The summed E-state index contributed by atoms with van der Waals surface area (Å²) in [7, 11) is 1.82. The Morgan fingerprint density at radius 2 is 1.90 bits per heavy atom.